The van der Waals surface area contributed by atoms with Crippen LogP contribution in [-0.4, -0.2) is 22.5 Å². The van der Waals surface area contributed by atoms with Crippen LogP contribution < -0.4 is 5.32 Å². The van der Waals surface area contributed by atoms with Crippen LogP contribution >= 0.6 is 11.8 Å². The molecule has 1 aromatic rings. The van der Waals surface area contributed by atoms with Crippen LogP contribution in [0.2, 0.25) is 0 Å². The van der Waals surface area contributed by atoms with Gasteiger partial charge >= 0.3 is 0 Å². The first-order chi connectivity index (χ1) is 8.15. The fourth-order valence-electron chi connectivity index (χ4n) is 1.35. The summed E-state index contributed by atoms with van der Waals surface area (Å²) < 4.78 is 0. The molecule has 0 aromatic heterocycles. The molecule has 17 heavy (non-hydrogen) atoms. The van der Waals surface area contributed by atoms with E-state index in [-0.39, 0.29) is 5.91 Å². The highest BCUT2D eigenvalue weighted by molar-refractivity contribution is 8.15. The van der Waals surface area contributed by atoms with Crippen molar-refractivity contribution in [1.29, 1.82) is 0 Å². The molecule has 1 fully saturated rings. The lowest BCUT2D eigenvalue weighted by Crippen LogP contribution is -2.19. The quantitative estimate of drug-likeness (QED) is 0.641. The second kappa shape index (κ2) is 5.14. The number of aryl methyl sites for hydroxylation is 1. The number of nitrogens with one attached hydrogen (secondary N) is 1. The third-order valence-corrected chi connectivity index (χ3v) is 3.21. The Kier molecular flexibility index (Phi) is 3.58. The number of amidine groups is 1. The molecule has 1 aliphatic rings. The van der Waals surface area contributed by atoms with Gasteiger partial charge in [0.15, 0.2) is 5.17 Å². The first-order valence-electron chi connectivity index (χ1n) is 5.27. The predicted molar refractivity (Wildman–Crippen MR) is 71.4 cm³/mol. The number of rotatable bonds is 2. The third kappa shape index (κ3) is 3.17. The van der Waals surface area contributed by atoms with Crippen LogP contribution in [0.5, 0.6) is 0 Å². The number of hydrogen-bond acceptors (Lipinski definition) is 4. The maximum atomic E-state index is 10.9. The number of hydrogen-bond donors (Lipinski definition) is 1. The molecule has 0 radical (unpaired) electrons. The van der Waals surface area contributed by atoms with E-state index in [1.807, 2.05) is 38.1 Å². The second-order valence-electron chi connectivity index (χ2n) is 3.79. The molecule has 4 nitrogen and oxygen atoms in total. The van der Waals surface area contributed by atoms with Crippen molar-refractivity contribution in [3.05, 3.63) is 35.4 Å². The van der Waals surface area contributed by atoms with Gasteiger partial charge < -0.3 is 5.32 Å². The van der Waals surface area contributed by atoms with Crippen molar-refractivity contribution in [2.75, 3.05) is 5.75 Å². The van der Waals surface area contributed by atoms with Gasteiger partial charge in [-0.15, -0.1) is 5.10 Å². The molecular weight excluding hydrogens is 234 g/mol. The lowest BCUT2D eigenvalue weighted by atomic mass is 10.1. The van der Waals surface area contributed by atoms with E-state index in [1.54, 1.807) is 0 Å². The highest BCUT2D eigenvalue weighted by Crippen LogP contribution is 2.10. The molecule has 1 aliphatic heterocycles. The average molecular weight is 247 g/mol. The summed E-state index contributed by atoms with van der Waals surface area (Å²) >= 11 is 1.37. The smallest absolute Gasteiger partial charge is 0.236 e. The van der Waals surface area contributed by atoms with E-state index in [0.717, 1.165) is 11.3 Å². The summed E-state index contributed by atoms with van der Waals surface area (Å²) in [5, 5.41) is 11.3. The van der Waals surface area contributed by atoms with Crippen LogP contribution in [0.1, 0.15) is 18.1 Å². The van der Waals surface area contributed by atoms with Crippen LogP contribution in [0, 0.1) is 6.92 Å². The van der Waals surface area contributed by atoms with E-state index < -0.39 is 0 Å². The summed E-state index contributed by atoms with van der Waals surface area (Å²) in [4.78, 5) is 10.9. The number of thioether (sulfide) groups is 1. The van der Waals surface area contributed by atoms with Crippen LogP contribution in [0.4, 0.5) is 0 Å². The Hall–Kier alpha value is -1.62. The zero-order valence-corrected chi connectivity index (χ0v) is 10.5. The molecular formula is C12H13N3OS. The molecule has 1 aromatic carbocycles. The number of nitrogens with zero attached hydrogens (tertiary/aromatic N) is 2. The lowest BCUT2D eigenvalue weighted by Gasteiger charge is -1.99. The van der Waals surface area contributed by atoms with Crippen LogP contribution in [0.3, 0.4) is 0 Å². The van der Waals surface area contributed by atoms with Gasteiger partial charge in [-0.2, -0.15) is 5.10 Å². The first-order valence-corrected chi connectivity index (χ1v) is 6.25. The van der Waals surface area contributed by atoms with Gasteiger partial charge in [0.05, 0.1) is 11.5 Å². The Labute approximate surface area is 104 Å². The Morgan fingerprint density at radius 3 is 2.65 bits per heavy atom. The Bertz CT molecular complexity index is 491. The van der Waals surface area contributed by atoms with Gasteiger partial charge in [-0.3, -0.25) is 4.79 Å². The zero-order chi connectivity index (χ0) is 12.3. The normalized spacial score (nSPS) is 18.6. The molecule has 0 spiro atoms. The first kappa shape index (κ1) is 11.9. The summed E-state index contributed by atoms with van der Waals surface area (Å²) in [6.07, 6.45) is 0. The minimum atomic E-state index is -0.0167. The Morgan fingerprint density at radius 1 is 1.35 bits per heavy atom. The molecule has 0 aliphatic carbocycles. The van der Waals surface area contributed by atoms with Gasteiger partial charge in [0.2, 0.25) is 5.91 Å². The lowest BCUT2D eigenvalue weighted by molar-refractivity contribution is -0.116. The number of carbonyl (C=O) groups is 1. The van der Waals surface area contributed by atoms with E-state index in [0.29, 0.717) is 10.9 Å². The molecule has 1 heterocycles. The molecule has 1 N–H and O–H groups in total. The summed E-state index contributed by atoms with van der Waals surface area (Å²) in [6, 6.07) is 8.09. The molecule has 88 valence electrons. The van der Waals surface area contributed by atoms with Gasteiger partial charge in [-0.1, -0.05) is 41.6 Å². The summed E-state index contributed by atoms with van der Waals surface area (Å²) in [7, 11) is 0. The Balaban J connectivity index is 2.12. The standard InChI is InChI=1S/C12H13N3OS/c1-8-3-5-10(6-4-8)9(2)14-15-12-13-11(16)7-17-12/h3-6H,7H2,1-2H3,(H,13,15,16)/b14-9+. The molecule has 0 atom stereocenters. The summed E-state index contributed by atoms with van der Waals surface area (Å²) in [6.45, 7) is 3.94. The molecule has 0 saturated carbocycles. The molecule has 5 heteroatoms. The predicted octanol–water partition coefficient (Wildman–Crippen LogP) is 1.94. The zero-order valence-electron chi connectivity index (χ0n) is 9.73. The van der Waals surface area contributed by atoms with Crippen molar-refractivity contribution in [2.24, 2.45) is 10.2 Å². The van der Waals surface area contributed by atoms with E-state index >= 15 is 0 Å². The third-order valence-electron chi connectivity index (χ3n) is 2.35. The largest absolute Gasteiger partial charge is 0.303 e. The van der Waals surface area contributed by atoms with E-state index in [1.165, 1.54) is 17.3 Å². The molecule has 1 saturated heterocycles. The van der Waals surface area contributed by atoms with Crippen molar-refractivity contribution in [2.45, 2.75) is 13.8 Å². The monoisotopic (exact) mass is 247 g/mol. The average Bonchev–Trinajstić information content (AvgIpc) is 2.73. The Morgan fingerprint density at radius 2 is 2.06 bits per heavy atom. The highest BCUT2D eigenvalue weighted by atomic mass is 32.2. The second-order valence-corrected chi connectivity index (χ2v) is 4.76. The highest BCUT2D eigenvalue weighted by Gasteiger charge is 2.16. The van der Waals surface area contributed by atoms with E-state index in [9.17, 15) is 4.79 Å². The van der Waals surface area contributed by atoms with Gasteiger partial charge in [-0.25, -0.2) is 0 Å². The molecule has 1 amide bonds. The fraction of sp³-hybridized carbons (Fsp3) is 0.250. The summed E-state index contributed by atoms with van der Waals surface area (Å²) in [5.41, 5.74) is 3.08. The maximum absolute atomic E-state index is 10.9. The van der Waals surface area contributed by atoms with Crippen molar-refractivity contribution < 1.29 is 4.79 Å². The van der Waals surface area contributed by atoms with Gasteiger partial charge in [0, 0.05) is 0 Å². The van der Waals surface area contributed by atoms with Gasteiger partial charge in [0.25, 0.3) is 0 Å². The van der Waals surface area contributed by atoms with Crippen molar-refractivity contribution in [3.8, 4) is 0 Å². The summed E-state index contributed by atoms with van der Waals surface area (Å²) in [5.74, 6) is 0.412. The van der Waals surface area contributed by atoms with E-state index in [2.05, 4.69) is 15.5 Å². The number of amides is 1. The molecule has 0 unspecified atom stereocenters. The van der Waals surface area contributed by atoms with Crippen LogP contribution in [-0.2, 0) is 4.79 Å². The number of benzene rings is 1. The minimum Gasteiger partial charge on any atom is -0.303 e. The molecule has 0 bridgehead atoms. The van der Waals surface area contributed by atoms with Crippen LogP contribution in [0.15, 0.2) is 34.5 Å². The molecule has 2 rings (SSSR count). The van der Waals surface area contributed by atoms with Crippen molar-refractivity contribution >= 4 is 28.5 Å². The SMILES string of the molecule is C/C(=N\N=C1/NC(=O)CS1)c1ccc(C)cc1. The van der Waals surface area contributed by atoms with Gasteiger partial charge in [0.1, 0.15) is 0 Å². The fourth-order valence-corrected chi connectivity index (χ4v) is 1.98. The maximum Gasteiger partial charge on any atom is 0.236 e. The number of carbonyl (C=O) groups excluding carboxylic acids is 1. The van der Waals surface area contributed by atoms with Crippen molar-refractivity contribution in [1.82, 2.24) is 5.32 Å². The minimum absolute atomic E-state index is 0.0167. The van der Waals surface area contributed by atoms with Crippen LogP contribution in [0.25, 0.3) is 0 Å². The van der Waals surface area contributed by atoms with E-state index in [4.69, 9.17) is 0 Å². The topological polar surface area (TPSA) is 53.8 Å². The van der Waals surface area contributed by atoms with Gasteiger partial charge in [-0.05, 0) is 19.4 Å². The van der Waals surface area contributed by atoms with Crippen molar-refractivity contribution in [3.63, 3.8) is 0 Å².